The van der Waals surface area contributed by atoms with Gasteiger partial charge in [-0.2, -0.15) is 0 Å². The molecule has 0 bridgehead atoms. The molecule has 2 amide bonds. The molecule has 1 fully saturated rings. The van der Waals surface area contributed by atoms with Gasteiger partial charge in [0.25, 0.3) is 0 Å². The summed E-state index contributed by atoms with van der Waals surface area (Å²) in [6, 6.07) is 11.7. The van der Waals surface area contributed by atoms with Crippen LogP contribution in [0.4, 0.5) is 20.6 Å². The Morgan fingerprint density at radius 1 is 1.08 bits per heavy atom. The average Bonchev–Trinajstić information content (AvgIpc) is 2.59. The minimum Gasteiger partial charge on any atom is -0.368 e. The monoisotopic (exact) mass is 347 g/mol. The van der Waals surface area contributed by atoms with E-state index < -0.39 is 0 Å². The largest absolute Gasteiger partial charge is 0.368 e. The normalized spacial score (nSPS) is 14.6. The molecule has 3 rings (SSSR count). The second-order valence-electron chi connectivity index (χ2n) is 5.84. The number of benzene rings is 2. The number of aryl methyl sites for hydroxylation is 1. The van der Waals surface area contributed by atoms with Gasteiger partial charge in [-0.1, -0.05) is 17.7 Å². The smallest absolute Gasteiger partial charge is 0.321 e. The maximum absolute atomic E-state index is 13.0. The van der Waals surface area contributed by atoms with Gasteiger partial charge < -0.3 is 15.1 Å². The maximum Gasteiger partial charge on any atom is 0.321 e. The summed E-state index contributed by atoms with van der Waals surface area (Å²) in [5, 5.41) is 3.51. The van der Waals surface area contributed by atoms with Crippen molar-refractivity contribution in [1.29, 1.82) is 0 Å². The van der Waals surface area contributed by atoms with Crippen LogP contribution >= 0.6 is 11.6 Å². The lowest BCUT2D eigenvalue weighted by atomic mass is 10.2. The average molecular weight is 348 g/mol. The summed E-state index contributed by atoms with van der Waals surface area (Å²) in [4.78, 5) is 16.3. The SMILES string of the molecule is Cc1ccc(Cl)cc1NC(=O)N1CCN(c2ccc(F)cc2)CC1. The van der Waals surface area contributed by atoms with E-state index in [0.717, 1.165) is 16.9 Å². The lowest BCUT2D eigenvalue weighted by molar-refractivity contribution is 0.208. The van der Waals surface area contributed by atoms with E-state index in [2.05, 4.69) is 10.2 Å². The Kier molecular flexibility index (Phi) is 4.90. The van der Waals surface area contributed by atoms with Crippen LogP contribution in [0.2, 0.25) is 5.02 Å². The molecular formula is C18H19ClFN3O. The number of nitrogens with one attached hydrogen (secondary N) is 1. The van der Waals surface area contributed by atoms with Crippen molar-refractivity contribution >= 4 is 29.0 Å². The molecule has 1 saturated heterocycles. The first-order valence-electron chi connectivity index (χ1n) is 7.85. The summed E-state index contributed by atoms with van der Waals surface area (Å²) < 4.78 is 13.0. The number of carbonyl (C=O) groups is 1. The van der Waals surface area contributed by atoms with E-state index >= 15 is 0 Å². The van der Waals surface area contributed by atoms with Crippen molar-refractivity contribution in [3.63, 3.8) is 0 Å². The molecule has 1 heterocycles. The Bertz CT molecular complexity index is 728. The zero-order chi connectivity index (χ0) is 17.1. The lowest BCUT2D eigenvalue weighted by Crippen LogP contribution is -2.50. The molecule has 1 N–H and O–H groups in total. The van der Waals surface area contributed by atoms with Crippen LogP contribution in [0.3, 0.4) is 0 Å². The Morgan fingerprint density at radius 2 is 1.75 bits per heavy atom. The fourth-order valence-electron chi connectivity index (χ4n) is 2.74. The van der Waals surface area contributed by atoms with Crippen molar-refractivity contribution in [3.05, 3.63) is 58.9 Å². The van der Waals surface area contributed by atoms with Gasteiger partial charge in [0.15, 0.2) is 0 Å². The summed E-state index contributed by atoms with van der Waals surface area (Å²) in [6.45, 7) is 4.59. The fourth-order valence-corrected chi connectivity index (χ4v) is 2.91. The number of carbonyl (C=O) groups excluding carboxylic acids is 1. The molecule has 2 aromatic rings. The van der Waals surface area contributed by atoms with E-state index in [1.54, 1.807) is 29.2 Å². The van der Waals surface area contributed by atoms with Crippen LogP contribution in [-0.4, -0.2) is 37.1 Å². The lowest BCUT2D eigenvalue weighted by Gasteiger charge is -2.36. The molecule has 4 nitrogen and oxygen atoms in total. The predicted molar refractivity (Wildman–Crippen MR) is 95.4 cm³/mol. The zero-order valence-electron chi connectivity index (χ0n) is 13.4. The Morgan fingerprint density at radius 3 is 2.42 bits per heavy atom. The standard InChI is InChI=1S/C18H19ClFN3O/c1-13-2-3-14(19)12-17(13)21-18(24)23-10-8-22(9-11-23)16-6-4-15(20)5-7-16/h2-7,12H,8-11H2,1H3,(H,21,24). The molecule has 0 aromatic heterocycles. The van der Waals surface area contributed by atoms with Gasteiger partial charge in [-0.3, -0.25) is 0 Å². The van der Waals surface area contributed by atoms with Crippen LogP contribution in [0.25, 0.3) is 0 Å². The third-order valence-electron chi connectivity index (χ3n) is 4.20. The molecular weight excluding hydrogens is 329 g/mol. The third-order valence-corrected chi connectivity index (χ3v) is 4.43. The highest BCUT2D eigenvalue weighted by atomic mass is 35.5. The van der Waals surface area contributed by atoms with E-state index in [4.69, 9.17) is 11.6 Å². The highest BCUT2D eigenvalue weighted by Crippen LogP contribution is 2.21. The minimum atomic E-state index is -0.242. The molecule has 0 saturated carbocycles. The summed E-state index contributed by atoms with van der Waals surface area (Å²) in [6.07, 6.45) is 0. The topological polar surface area (TPSA) is 35.6 Å². The fraction of sp³-hybridized carbons (Fsp3) is 0.278. The first kappa shape index (κ1) is 16.6. The number of piperazine rings is 1. The molecule has 1 aliphatic rings. The van der Waals surface area contributed by atoms with Crippen molar-refractivity contribution in [3.8, 4) is 0 Å². The number of anilines is 2. The van der Waals surface area contributed by atoms with E-state index in [-0.39, 0.29) is 11.8 Å². The predicted octanol–water partition coefficient (Wildman–Crippen LogP) is 4.14. The van der Waals surface area contributed by atoms with Crippen LogP contribution in [0.15, 0.2) is 42.5 Å². The highest BCUT2D eigenvalue weighted by molar-refractivity contribution is 6.31. The molecule has 0 aliphatic carbocycles. The van der Waals surface area contributed by atoms with E-state index in [9.17, 15) is 9.18 Å². The third kappa shape index (κ3) is 3.79. The minimum absolute atomic E-state index is 0.126. The molecule has 24 heavy (non-hydrogen) atoms. The number of amides is 2. The van der Waals surface area contributed by atoms with Crippen LogP contribution in [0.5, 0.6) is 0 Å². The van der Waals surface area contributed by atoms with Gasteiger partial charge in [-0.05, 0) is 48.9 Å². The number of hydrogen-bond donors (Lipinski definition) is 1. The van der Waals surface area contributed by atoms with Gasteiger partial charge in [0, 0.05) is 42.6 Å². The van der Waals surface area contributed by atoms with Crippen LogP contribution < -0.4 is 10.2 Å². The first-order chi connectivity index (χ1) is 11.5. The molecule has 0 spiro atoms. The second-order valence-corrected chi connectivity index (χ2v) is 6.28. The van der Waals surface area contributed by atoms with Gasteiger partial charge in [0.1, 0.15) is 5.82 Å². The summed E-state index contributed by atoms with van der Waals surface area (Å²) in [5.74, 6) is -0.242. The van der Waals surface area contributed by atoms with E-state index in [1.807, 2.05) is 13.0 Å². The quantitative estimate of drug-likeness (QED) is 0.886. The Balaban J connectivity index is 1.59. The van der Waals surface area contributed by atoms with Crippen molar-refractivity contribution < 1.29 is 9.18 Å². The highest BCUT2D eigenvalue weighted by Gasteiger charge is 2.21. The number of halogens is 2. The summed E-state index contributed by atoms with van der Waals surface area (Å²) >= 11 is 5.99. The molecule has 0 unspecified atom stereocenters. The zero-order valence-corrected chi connectivity index (χ0v) is 14.2. The second kappa shape index (κ2) is 7.09. The molecule has 126 valence electrons. The van der Waals surface area contributed by atoms with E-state index in [1.165, 1.54) is 12.1 Å². The first-order valence-corrected chi connectivity index (χ1v) is 8.23. The molecule has 6 heteroatoms. The van der Waals surface area contributed by atoms with Crippen LogP contribution in [0.1, 0.15) is 5.56 Å². The van der Waals surface area contributed by atoms with Gasteiger partial charge in [-0.25, -0.2) is 9.18 Å². The van der Waals surface area contributed by atoms with Crippen molar-refractivity contribution in [2.75, 3.05) is 36.4 Å². The number of rotatable bonds is 2. The van der Waals surface area contributed by atoms with Crippen LogP contribution in [-0.2, 0) is 0 Å². The van der Waals surface area contributed by atoms with Crippen molar-refractivity contribution in [2.24, 2.45) is 0 Å². The van der Waals surface area contributed by atoms with Gasteiger partial charge in [0.2, 0.25) is 0 Å². The molecule has 0 radical (unpaired) electrons. The molecule has 1 aliphatic heterocycles. The number of hydrogen-bond acceptors (Lipinski definition) is 2. The Hall–Kier alpha value is -2.27. The summed E-state index contributed by atoms with van der Waals surface area (Å²) in [7, 11) is 0. The Labute approximate surface area is 145 Å². The summed E-state index contributed by atoms with van der Waals surface area (Å²) in [5.41, 5.74) is 2.67. The maximum atomic E-state index is 13.0. The number of urea groups is 1. The van der Waals surface area contributed by atoms with Gasteiger partial charge in [0.05, 0.1) is 0 Å². The van der Waals surface area contributed by atoms with Crippen molar-refractivity contribution in [2.45, 2.75) is 6.92 Å². The van der Waals surface area contributed by atoms with E-state index in [0.29, 0.717) is 31.2 Å². The van der Waals surface area contributed by atoms with Gasteiger partial charge in [-0.15, -0.1) is 0 Å². The van der Waals surface area contributed by atoms with Crippen molar-refractivity contribution in [1.82, 2.24) is 4.90 Å². The number of nitrogens with zero attached hydrogens (tertiary/aromatic N) is 2. The van der Waals surface area contributed by atoms with Gasteiger partial charge >= 0.3 is 6.03 Å². The molecule has 2 aromatic carbocycles. The molecule has 0 atom stereocenters. The van der Waals surface area contributed by atoms with Crippen LogP contribution in [0, 0.1) is 12.7 Å².